The van der Waals surface area contributed by atoms with Crippen molar-refractivity contribution in [1.82, 2.24) is 5.32 Å². The molecule has 0 bridgehead atoms. The first-order valence-electron chi connectivity index (χ1n) is 7.43. The molecule has 4 nitrogen and oxygen atoms in total. The lowest BCUT2D eigenvalue weighted by Gasteiger charge is -2.27. The summed E-state index contributed by atoms with van der Waals surface area (Å²) in [5.74, 6) is 0.451. The van der Waals surface area contributed by atoms with Crippen molar-refractivity contribution >= 4 is 5.91 Å². The van der Waals surface area contributed by atoms with Gasteiger partial charge in [0.05, 0.1) is 7.11 Å². The Kier molecular flexibility index (Phi) is 5.57. The molecule has 1 saturated carbocycles. The van der Waals surface area contributed by atoms with Crippen LogP contribution in [0.25, 0.3) is 0 Å². The first kappa shape index (κ1) is 16.5. The van der Waals surface area contributed by atoms with Crippen molar-refractivity contribution in [3.8, 4) is 11.5 Å². The quantitative estimate of drug-likeness (QED) is 0.903. The third-order valence-electron chi connectivity index (χ3n) is 3.99. The second-order valence-electron chi connectivity index (χ2n) is 5.67. The highest BCUT2D eigenvalue weighted by Gasteiger charge is 2.21. The molecule has 0 spiro atoms. The zero-order chi connectivity index (χ0) is 16.1. The van der Waals surface area contributed by atoms with Gasteiger partial charge in [-0.2, -0.15) is 8.78 Å². The standard InChI is InChI=1S/C16H21F2NO3/c1-10-3-6-12(7-4-10)19-15(20)11-5-8-13(21-2)14(9-11)22-16(17)18/h5,8-10,12,16H,3-4,6-7H2,1-2H3,(H,19,20). The van der Waals surface area contributed by atoms with Crippen molar-refractivity contribution in [1.29, 1.82) is 0 Å². The van der Waals surface area contributed by atoms with Crippen molar-refractivity contribution in [2.45, 2.75) is 45.3 Å². The number of hydrogen-bond acceptors (Lipinski definition) is 3. The molecule has 2 rings (SSSR count). The molecule has 0 aromatic heterocycles. The van der Waals surface area contributed by atoms with Crippen LogP contribution in [0.15, 0.2) is 18.2 Å². The molecule has 0 atom stereocenters. The maximum absolute atomic E-state index is 12.4. The average Bonchev–Trinajstić information content (AvgIpc) is 2.49. The third-order valence-corrected chi connectivity index (χ3v) is 3.99. The molecule has 0 aliphatic heterocycles. The molecule has 1 aromatic rings. The normalized spacial score (nSPS) is 21.5. The second kappa shape index (κ2) is 7.42. The van der Waals surface area contributed by atoms with Gasteiger partial charge < -0.3 is 14.8 Å². The third kappa shape index (κ3) is 4.32. The van der Waals surface area contributed by atoms with Crippen LogP contribution < -0.4 is 14.8 Å². The summed E-state index contributed by atoms with van der Waals surface area (Å²) in [6.07, 6.45) is 4.08. The van der Waals surface area contributed by atoms with Gasteiger partial charge >= 0.3 is 6.61 Å². The molecule has 1 amide bonds. The zero-order valence-corrected chi connectivity index (χ0v) is 12.8. The Hall–Kier alpha value is -1.85. The number of hydrogen-bond donors (Lipinski definition) is 1. The van der Waals surface area contributed by atoms with Gasteiger partial charge in [-0.15, -0.1) is 0 Å². The van der Waals surface area contributed by atoms with E-state index in [-0.39, 0.29) is 29.0 Å². The van der Waals surface area contributed by atoms with Crippen LogP contribution in [-0.2, 0) is 0 Å². The van der Waals surface area contributed by atoms with Gasteiger partial charge in [0.15, 0.2) is 11.5 Å². The van der Waals surface area contributed by atoms with Crippen molar-refractivity contribution in [2.75, 3.05) is 7.11 Å². The van der Waals surface area contributed by atoms with Crippen molar-refractivity contribution in [3.05, 3.63) is 23.8 Å². The molecule has 22 heavy (non-hydrogen) atoms. The first-order chi connectivity index (χ1) is 10.5. The Morgan fingerprint density at radius 2 is 1.91 bits per heavy atom. The van der Waals surface area contributed by atoms with Crippen LogP contribution in [0.5, 0.6) is 11.5 Å². The highest BCUT2D eigenvalue weighted by Crippen LogP contribution is 2.30. The summed E-state index contributed by atoms with van der Waals surface area (Å²) in [5, 5.41) is 2.95. The summed E-state index contributed by atoms with van der Waals surface area (Å²) >= 11 is 0. The number of carbonyl (C=O) groups is 1. The zero-order valence-electron chi connectivity index (χ0n) is 12.8. The Balaban J connectivity index is 2.05. The second-order valence-corrected chi connectivity index (χ2v) is 5.67. The van der Waals surface area contributed by atoms with E-state index < -0.39 is 6.61 Å². The van der Waals surface area contributed by atoms with Crippen LogP contribution >= 0.6 is 0 Å². The maximum atomic E-state index is 12.4. The number of alkyl halides is 2. The summed E-state index contributed by atoms with van der Waals surface area (Å²) in [4.78, 5) is 12.2. The van der Waals surface area contributed by atoms with Crippen molar-refractivity contribution < 1.29 is 23.0 Å². The van der Waals surface area contributed by atoms with Crippen LogP contribution in [0.2, 0.25) is 0 Å². The largest absolute Gasteiger partial charge is 0.493 e. The van der Waals surface area contributed by atoms with Crippen LogP contribution in [-0.4, -0.2) is 25.7 Å². The van der Waals surface area contributed by atoms with Crippen LogP contribution in [0.4, 0.5) is 8.78 Å². The summed E-state index contributed by atoms with van der Waals surface area (Å²) in [5.41, 5.74) is 0.287. The molecule has 1 aliphatic rings. The predicted molar refractivity (Wildman–Crippen MR) is 78.5 cm³/mol. The van der Waals surface area contributed by atoms with Gasteiger partial charge in [-0.05, 0) is 49.8 Å². The van der Waals surface area contributed by atoms with Gasteiger partial charge in [0, 0.05) is 11.6 Å². The van der Waals surface area contributed by atoms with Gasteiger partial charge in [0.1, 0.15) is 0 Å². The molecular formula is C16H21F2NO3. The van der Waals surface area contributed by atoms with E-state index in [1.807, 2.05) is 0 Å². The SMILES string of the molecule is COc1ccc(C(=O)NC2CCC(C)CC2)cc1OC(F)F. The van der Waals surface area contributed by atoms with E-state index >= 15 is 0 Å². The highest BCUT2D eigenvalue weighted by atomic mass is 19.3. The molecule has 0 unspecified atom stereocenters. The predicted octanol–water partition coefficient (Wildman–Crippen LogP) is 3.61. The molecule has 1 fully saturated rings. The first-order valence-corrected chi connectivity index (χ1v) is 7.43. The fourth-order valence-electron chi connectivity index (χ4n) is 2.68. The van der Waals surface area contributed by atoms with E-state index in [0.29, 0.717) is 5.92 Å². The van der Waals surface area contributed by atoms with E-state index in [4.69, 9.17) is 4.74 Å². The molecular weight excluding hydrogens is 292 g/mol. The molecule has 122 valence electrons. The molecule has 0 radical (unpaired) electrons. The minimum atomic E-state index is -2.97. The van der Waals surface area contributed by atoms with E-state index in [1.54, 1.807) is 0 Å². The van der Waals surface area contributed by atoms with Gasteiger partial charge in [0.25, 0.3) is 5.91 Å². The molecule has 1 aromatic carbocycles. The van der Waals surface area contributed by atoms with Crippen molar-refractivity contribution in [3.63, 3.8) is 0 Å². The Morgan fingerprint density at radius 3 is 2.50 bits per heavy atom. The number of methoxy groups -OCH3 is 1. The number of halogens is 2. The van der Waals surface area contributed by atoms with E-state index in [0.717, 1.165) is 25.7 Å². The minimum Gasteiger partial charge on any atom is -0.493 e. The monoisotopic (exact) mass is 313 g/mol. The lowest BCUT2D eigenvalue weighted by Crippen LogP contribution is -2.37. The van der Waals surface area contributed by atoms with Crippen LogP contribution in [0.1, 0.15) is 43.0 Å². The molecule has 1 N–H and O–H groups in total. The highest BCUT2D eigenvalue weighted by molar-refractivity contribution is 5.95. The molecule has 0 saturated heterocycles. The smallest absolute Gasteiger partial charge is 0.387 e. The van der Waals surface area contributed by atoms with Gasteiger partial charge in [-0.25, -0.2) is 0 Å². The van der Waals surface area contributed by atoms with Gasteiger partial charge in [0.2, 0.25) is 0 Å². The number of rotatable bonds is 5. The van der Waals surface area contributed by atoms with E-state index in [1.165, 1.54) is 25.3 Å². The Labute approximate surface area is 128 Å². The number of amides is 1. The van der Waals surface area contributed by atoms with E-state index in [9.17, 15) is 13.6 Å². The topological polar surface area (TPSA) is 47.6 Å². The van der Waals surface area contributed by atoms with Crippen LogP contribution in [0.3, 0.4) is 0 Å². The Bertz CT molecular complexity index is 514. The fourth-order valence-corrected chi connectivity index (χ4v) is 2.68. The van der Waals surface area contributed by atoms with E-state index in [2.05, 4.69) is 17.0 Å². The Morgan fingerprint density at radius 1 is 1.23 bits per heavy atom. The van der Waals surface area contributed by atoms with Crippen molar-refractivity contribution in [2.24, 2.45) is 5.92 Å². The molecule has 0 heterocycles. The molecule has 6 heteroatoms. The van der Waals surface area contributed by atoms with Gasteiger partial charge in [-0.3, -0.25) is 4.79 Å². The van der Waals surface area contributed by atoms with Gasteiger partial charge in [-0.1, -0.05) is 6.92 Å². The molecule has 1 aliphatic carbocycles. The number of benzene rings is 1. The minimum absolute atomic E-state index is 0.137. The summed E-state index contributed by atoms with van der Waals surface area (Å²) in [6.45, 7) is -0.762. The average molecular weight is 313 g/mol. The van der Waals surface area contributed by atoms with Crippen LogP contribution in [0, 0.1) is 5.92 Å². The lowest BCUT2D eigenvalue weighted by atomic mass is 9.87. The maximum Gasteiger partial charge on any atom is 0.387 e. The number of carbonyl (C=O) groups excluding carboxylic acids is 1. The summed E-state index contributed by atoms with van der Waals surface area (Å²) in [6, 6.07) is 4.42. The lowest BCUT2D eigenvalue weighted by molar-refractivity contribution is -0.0512. The number of nitrogens with one attached hydrogen (secondary N) is 1. The fraction of sp³-hybridized carbons (Fsp3) is 0.562. The number of ether oxygens (including phenoxy) is 2. The summed E-state index contributed by atoms with van der Waals surface area (Å²) < 4.78 is 34.1. The summed E-state index contributed by atoms with van der Waals surface area (Å²) in [7, 11) is 1.36.